The van der Waals surface area contributed by atoms with Gasteiger partial charge in [-0.2, -0.15) is 0 Å². The normalized spacial score (nSPS) is 14.2. The van der Waals surface area contributed by atoms with Gasteiger partial charge in [0.15, 0.2) is 0 Å². The van der Waals surface area contributed by atoms with Gasteiger partial charge in [-0.05, 0) is 50.7 Å². The summed E-state index contributed by atoms with van der Waals surface area (Å²) in [4.78, 5) is 25.1. The van der Waals surface area contributed by atoms with E-state index < -0.39 is 5.97 Å². The second kappa shape index (κ2) is 5.65. The predicted molar refractivity (Wildman–Crippen MR) is 76.9 cm³/mol. The fraction of sp³-hybridized carbons (Fsp3) is 0.500. The Balaban J connectivity index is 2.28. The number of amides is 1. The molecular formula is C16H21NO3. The van der Waals surface area contributed by atoms with Gasteiger partial charge >= 0.3 is 5.97 Å². The molecule has 1 saturated carbocycles. The van der Waals surface area contributed by atoms with E-state index in [0.717, 1.165) is 29.5 Å². The number of carboxylic acid groups (broad SMARTS) is 1. The summed E-state index contributed by atoms with van der Waals surface area (Å²) in [7, 11) is 0. The van der Waals surface area contributed by atoms with Crippen molar-refractivity contribution < 1.29 is 14.7 Å². The van der Waals surface area contributed by atoms with Gasteiger partial charge in [-0.25, -0.2) is 0 Å². The van der Waals surface area contributed by atoms with E-state index in [2.05, 4.69) is 0 Å². The van der Waals surface area contributed by atoms with Crippen molar-refractivity contribution in [2.75, 3.05) is 13.1 Å². The summed E-state index contributed by atoms with van der Waals surface area (Å²) >= 11 is 0. The van der Waals surface area contributed by atoms with Crippen molar-refractivity contribution in [1.29, 1.82) is 0 Å². The minimum absolute atomic E-state index is 0.158. The standard InChI is InChI=1S/C16H21NO3/c1-10-6-11(2)15(12(3)7-10)16(20)17(9-14(18)19)8-13-4-5-13/h6-7,13H,4-5,8-9H2,1-3H3,(H,18,19). The van der Waals surface area contributed by atoms with Crippen LogP contribution in [0.3, 0.4) is 0 Å². The molecule has 0 heterocycles. The molecule has 108 valence electrons. The Morgan fingerprint density at radius 2 is 1.75 bits per heavy atom. The van der Waals surface area contributed by atoms with Gasteiger partial charge in [-0.1, -0.05) is 17.7 Å². The van der Waals surface area contributed by atoms with Gasteiger partial charge in [0.05, 0.1) is 0 Å². The third-order valence-electron chi connectivity index (χ3n) is 3.68. The molecule has 0 bridgehead atoms. The molecule has 1 aliphatic carbocycles. The molecule has 4 nitrogen and oxygen atoms in total. The highest BCUT2D eigenvalue weighted by molar-refractivity contribution is 5.98. The number of hydrogen-bond donors (Lipinski definition) is 1. The quantitative estimate of drug-likeness (QED) is 0.898. The monoisotopic (exact) mass is 275 g/mol. The zero-order valence-electron chi connectivity index (χ0n) is 12.3. The first-order valence-corrected chi connectivity index (χ1v) is 6.97. The van der Waals surface area contributed by atoms with Gasteiger partial charge in [0.1, 0.15) is 6.54 Å². The second-order valence-electron chi connectivity index (χ2n) is 5.80. The van der Waals surface area contributed by atoms with Crippen LogP contribution < -0.4 is 0 Å². The summed E-state index contributed by atoms with van der Waals surface area (Å²) in [6.45, 7) is 6.14. The zero-order valence-corrected chi connectivity index (χ0v) is 12.3. The maximum atomic E-state index is 12.7. The topological polar surface area (TPSA) is 57.6 Å². The highest BCUT2D eigenvalue weighted by Gasteiger charge is 2.29. The predicted octanol–water partition coefficient (Wildman–Crippen LogP) is 2.55. The third kappa shape index (κ3) is 3.38. The average molecular weight is 275 g/mol. The lowest BCUT2D eigenvalue weighted by Gasteiger charge is -2.23. The van der Waals surface area contributed by atoms with Gasteiger partial charge in [-0.3, -0.25) is 9.59 Å². The molecule has 0 spiro atoms. The molecule has 4 heteroatoms. The van der Waals surface area contributed by atoms with Crippen LogP contribution in [0, 0.1) is 26.7 Å². The molecule has 0 aromatic heterocycles. The summed E-state index contributed by atoms with van der Waals surface area (Å²) in [6, 6.07) is 3.94. The number of carboxylic acids is 1. The molecule has 2 rings (SSSR count). The minimum atomic E-state index is -0.957. The number of rotatable bonds is 5. The number of hydrogen-bond acceptors (Lipinski definition) is 2. The Kier molecular flexibility index (Phi) is 4.12. The number of benzene rings is 1. The molecule has 0 radical (unpaired) electrons. The highest BCUT2D eigenvalue weighted by atomic mass is 16.4. The average Bonchev–Trinajstić information content (AvgIpc) is 3.09. The molecule has 1 fully saturated rings. The van der Waals surface area contributed by atoms with Crippen molar-refractivity contribution in [3.8, 4) is 0 Å². The lowest BCUT2D eigenvalue weighted by Crippen LogP contribution is -2.38. The van der Waals surface area contributed by atoms with E-state index in [1.165, 1.54) is 4.90 Å². The maximum absolute atomic E-state index is 12.7. The lowest BCUT2D eigenvalue weighted by molar-refractivity contribution is -0.137. The van der Waals surface area contributed by atoms with Crippen LogP contribution in [-0.4, -0.2) is 35.0 Å². The number of carbonyl (C=O) groups excluding carboxylic acids is 1. The molecule has 20 heavy (non-hydrogen) atoms. The second-order valence-corrected chi connectivity index (χ2v) is 5.80. The summed E-state index contributed by atoms with van der Waals surface area (Å²) in [6.07, 6.45) is 2.19. The van der Waals surface area contributed by atoms with E-state index in [-0.39, 0.29) is 12.5 Å². The van der Waals surface area contributed by atoms with Gasteiger partial charge in [0.25, 0.3) is 5.91 Å². The van der Waals surface area contributed by atoms with Crippen LogP contribution in [0.5, 0.6) is 0 Å². The molecule has 1 aromatic rings. The molecular weight excluding hydrogens is 254 g/mol. The van der Waals surface area contributed by atoms with Crippen LogP contribution in [0.2, 0.25) is 0 Å². The van der Waals surface area contributed by atoms with Gasteiger partial charge in [-0.15, -0.1) is 0 Å². The molecule has 0 unspecified atom stereocenters. The summed E-state index contributed by atoms with van der Waals surface area (Å²) in [5.74, 6) is -0.639. The van der Waals surface area contributed by atoms with Crippen molar-refractivity contribution in [1.82, 2.24) is 4.90 Å². The van der Waals surface area contributed by atoms with Crippen LogP contribution in [0.4, 0.5) is 0 Å². The first kappa shape index (κ1) is 14.6. The van der Waals surface area contributed by atoms with E-state index in [4.69, 9.17) is 5.11 Å². The Morgan fingerprint density at radius 1 is 1.20 bits per heavy atom. The first-order chi connectivity index (χ1) is 9.38. The largest absolute Gasteiger partial charge is 0.480 e. The van der Waals surface area contributed by atoms with Crippen molar-refractivity contribution >= 4 is 11.9 Å². The third-order valence-corrected chi connectivity index (χ3v) is 3.68. The number of aryl methyl sites for hydroxylation is 3. The fourth-order valence-electron chi connectivity index (χ4n) is 2.67. The van der Waals surface area contributed by atoms with Gasteiger partial charge in [0.2, 0.25) is 0 Å². The van der Waals surface area contributed by atoms with Crippen LogP contribution in [-0.2, 0) is 4.79 Å². The van der Waals surface area contributed by atoms with Gasteiger partial charge < -0.3 is 10.0 Å². The molecule has 1 aromatic carbocycles. The summed E-state index contributed by atoms with van der Waals surface area (Å²) in [5.41, 5.74) is 3.60. The molecule has 0 saturated heterocycles. The van der Waals surface area contributed by atoms with Crippen LogP contribution in [0.15, 0.2) is 12.1 Å². The van der Waals surface area contributed by atoms with Crippen LogP contribution in [0.25, 0.3) is 0 Å². The Morgan fingerprint density at radius 3 is 2.20 bits per heavy atom. The smallest absolute Gasteiger partial charge is 0.323 e. The molecule has 1 N–H and O–H groups in total. The van der Waals surface area contributed by atoms with Crippen molar-refractivity contribution in [3.05, 3.63) is 34.4 Å². The Bertz CT molecular complexity index is 524. The summed E-state index contributed by atoms with van der Waals surface area (Å²) in [5, 5.41) is 9.00. The molecule has 0 atom stereocenters. The van der Waals surface area contributed by atoms with E-state index in [0.29, 0.717) is 18.0 Å². The molecule has 1 aliphatic rings. The Hall–Kier alpha value is -1.84. The van der Waals surface area contributed by atoms with Crippen LogP contribution >= 0.6 is 0 Å². The van der Waals surface area contributed by atoms with Gasteiger partial charge in [0, 0.05) is 12.1 Å². The van der Waals surface area contributed by atoms with Crippen molar-refractivity contribution in [2.24, 2.45) is 5.92 Å². The fourth-order valence-corrected chi connectivity index (χ4v) is 2.67. The SMILES string of the molecule is Cc1cc(C)c(C(=O)N(CC(=O)O)CC2CC2)c(C)c1. The molecule has 1 amide bonds. The van der Waals surface area contributed by atoms with E-state index in [9.17, 15) is 9.59 Å². The first-order valence-electron chi connectivity index (χ1n) is 6.97. The van der Waals surface area contributed by atoms with E-state index in [1.54, 1.807) is 0 Å². The van der Waals surface area contributed by atoms with E-state index >= 15 is 0 Å². The number of nitrogens with zero attached hydrogens (tertiary/aromatic N) is 1. The zero-order chi connectivity index (χ0) is 14.9. The number of carbonyl (C=O) groups is 2. The Labute approximate surface area is 119 Å². The van der Waals surface area contributed by atoms with E-state index in [1.807, 2.05) is 32.9 Å². The number of aliphatic carboxylic acids is 1. The maximum Gasteiger partial charge on any atom is 0.323 e. The molecule has 0 aliphatic heterocycles. The lowest BCUT2D eigenvalue weighted by atomic mass is 9.98. The van der Waals surface area contributed by atoms with Crippen molar-refractivity contribution in [2.45, 2.75) is 33.6 Å². The van der Waals surface area contributed by atoms with Crippen LogP contribution in [0.1, 0.15) is 39.9 Å². The van der Waals surface area contributed by atoms with Crippen molar-refractivity contribution in [3.63, 3.8) is 0 Å². The minimum Gasteiger partial charge on any atom is -0.480 e. The highest BCUT2D eigenvalue weighted by Crippen LogP contribution is 2.30. The summed E-state index contributed by atoms with van der Waals surface area (Å²) < 4.78 is 0.